The molecule has 1 aromatic rings. The van der Waals surface area contributed by atoms with Crippen molar-refractivity contribution in [1.82, 2.24) is 5.32 Å². The highest BCUT2D eigenvalue weighted by atomic mass is 16.5. The van der Waals surface area contributed by atoms with E-state index in [2.05, 4.69) is 75.2 Å². The van der Waals surface area contributed by atoms with Crippen molar-refractivity contribution in [2.45, 2.75) is 51.9 Å². The fourth-order valence-corrected chi connectivity index (χ4v) is 3.87. The van der Waals surface area contributed by atoms with Crippen molar-refractivity contribution in [3.63, 3.8) is 0 Å². The molecule has 2 atom stereocenters. The maximum absolute atomic E-state index is 6.34. The van der Waals surface area contributed by atoms with Crippen molar-refractivity contribution in [3.05, 3.63) is 30.3 Å². The molecule has 1 aromatic carbocycles. The lowest BCUT2D eigenvalue weighted by atomic mass is 9.82. The Balaban J connectivity index is 2.23. The highest BCUT2D eigenvalue weighted by Crippen LogP contribution is 2.42. The Kier molecular flexibility index (Phi) is 4.64. The molecule has 0 amide bonds. The van der Waals surface area contributed by atoms with Crippen LogP contribution in [0.15, 0.2) is 30.3 Å². The number of hydrogen-bond acceptors (Lipinski definition) is 3. The molecule has 0 bridgehead atoms. The van der Waals surface area contributed by atoms with E-state index in [1.807, 2.05) is 7.05 Å². The summed E-state index contributed by atoms with van der Waals surface area (Å²) >= 11 is 0. The molecule has 1 N–H and O–H groups in total. The second-order valence-electron chi connectivity index (χ2n) is 7.06. The number of nitrogens with one attached hydrogen (secondary N) is 1. The highest BCUT2D eigenvalue weighted by molar-refractivity contribution is 5.46. The summed E-state index contributed by atoms with van der Waals surface area (Å²) in [6.45, 7) is 13.0. The Morgan fingerprint density at radius 1 is 1.10 bits per heavy atom. The molecule has 2 unspecified atom stereocenters. The second-order valence-corrected chi connectivity index (χ2v) is 7.06. The number of para-hydroxylation sites is 1. The molecule has 0 spiro atoms. The van der Waals surface area contributed by atoms with Gasteiger partial charge in [-0.15, -0.1) is 0 Å². The van der Waals surface area contributed by atoms with Gasteiger partial charge in [-0.3, -0.25) is 0 Å². The summed E-state index contributed by atoms with van der Waals surface area (Å²) in [5.74, 6) is 0.442. The number of hydrogen-bond donors (Lipinski definition) is 1. The van der Waals surface area contributed by atoms with Crippen LogP contribution in [0.4, 0.5) is 5.69 Å². The molecule has 1 heterocycles. The first-order chi connectivity index (χ1) is 9.81. The van der Waals surface area contributed by atoms with Crippen LogP contribution in [0.5, 0.6) is 0 Å². The summed E-state index contributed by atoms with van der Waals surface area (Å²) in [4.78, 5) is 2.45. The van der Waals surface area contributed by atoms with E-state index in [1.54, 1.807) is 0 Å². The van der Waals surface area contributed by atoms with Crippen molar-refractivity contribution in [3.8, 4) is 0 Å². The second kappa shape index (κ2) is 5.98. The van der Waals surface area contributed by atoms with E-state index in [-0.39, 0.29) is 11.2 Å². The van der Waals surface area contributed by atoms with Gasteiger partial charge in [-0.05, 0) is 53.8 Å². The molecule has 1 saturated heterocycles. The molecule has 1 aliphatic heterocycles. The molecule has 1 aliphatic rings. The first-order valence-corrected chi connectivity index (χ1v) is 7.99. The van der Waals surface area contributed by atoms with Crippen molar-refractivity contribution in [2.75, 3.05) is 25.0 Å². The molecule has 3 heteroatoms. The van der Waals surface area contributed by atoms with Crippen molar-refractivity contribution < 1.29 is 4.74 Å². The molecular formula is C18H30N2O. The largest absolute Gasteiger partial charge is 0.371 e. The standard InChI is InChI=1S/C18H30N2O/c1-7-20(14-11-9-8-10-12-14)13-15-16(19-6)18(4,5)21-17(15,2)3/h8-12,15-16,19H,7,13H2,1-6H3. The van der Waals surface area contributed by atoms with Gasteiger partial charge in [0.15, 0.2) is 0 Å². The van der Waals surface area contributed by atoms with Gasteiger partial charge in [-0.25, -0.2) is 0 Å². The lowest BCUT2D eigenvalue weighted by molar-refractivity contribution is -0.0768. The van der Waals surface area contributed by atoms with Gasteiger partial charge in [0, 0.05) is 30.7 Å². The lowest BCUT2D eigenvalue weighted by Gasteiger charge is -2.35. The number of ether oxygens (including phenoxy) is 1. The number of rotatable bonds is 5. The average Bonchev–Trinajstić information content (AvgIpc) is 2.60. The summed E-state index contributed by atoms with van der Waals surface area (Å²) in [5, 5.41) is 3.49. The molecule has 3 nitrogen and oxygen atoms in total. The maximum Gasteiger partial charge on any atom is 0.0790 e. The zero-order valence-corrected chi connectivity index (χ0v) is 14.3. The molecule has 0 saturated carbocycles. The van der Waals surface area contributed by atoms with E-state index in [1.165, 1.54) is 5.69 Å². The zero-order chi connectivity index (χ0) is 15.7. The molecule has 1 fully saturated rings. The zero-order valence-electron chi connectivity index (χ0n) is 14.3. The number of likely N-dealkylation sites (N-methyl/N-ethyl adjacent to an activating group) is 1. The third-order valence-electron chi connectivity index (χ3n) is 4.80. The van der Waals surface area contributed by atoms with Gasteiger partial charge in [0.25, 0.3) is 0 Å². The Morgan fingerprint density at radius 2 is 1.71 bits per heavy atom. The van der Waals surface area contributed by atoms with Crippen molar-refractivity contribution >= 4 is 5.69 Å². The summed E-state index contributed by atoms with van der Waals surface area (Å²) in [5.41, 5.74) is 1.02. The number of nitrogens with zero attached hydrogens (tertiary/aromatic N) is 1. The maximum atomic E-state index is 6.34. The summed E-state index contributed by atoms with van der Waals surface area (Å²) in [6, 6.07) is 11.0. The predicted molar refractivity (Wildman–Crippen MR) is 89.9 cm³/mol. The van der Waals surface area contributed by atoms with Gasteiger partial charge >= 0.3 is 0 Å². The third kappa shape index (κ3) is 3.24. The van der Waals surface area contributed by atoms with Crippen LogP contribution in [-0.2, 0) is 4.74 Å². The molecule has 2 rings (SSSR count). The minimum absolute atomic E-state index is 0.126. The van der Waals surface area contributed by atoms with Crippen LogP contribution in [-0.4, -0.2) is 37.4 Å². The monoisotopic (exact) mass is 290 g/mol. The van der Waals surface area contributed by atoms with Crippen molar-refractivity contribution in [1.29, 1.82) is 0 Å². The molecule has 21 heavy (non-hydrogen) atoms. The quantitative estimate of drug-likeness (QED) is 0.900. The smallest absolute Gasteiger partial charge is 0.0790 e. The van der Waals surface area contributed by atoms with Gasteiger partial charge in [0.2, 0.25) is 0 Å². The summed E-state index contributed by atoms with van der Waals surface area (Å²) in [7, 11) is 2.04. The van der Waals surface area contributed by atoms with Gasteiger partial charge in [0.05, 0.1) is 11.2 Å². The average molecular weight is 290 g/mol. The van der Waals surface area contributed by atoms with Crippen LogP contribution in [0.1, 0.15) is 34.6 Å². The minimum Gasteiger partial charge on any atom is -0.371 e. The van der Waals surface area contributed by atoms with Crippen LogP contribution in [0.25, 0.3) is 0 Å². The Hall–Kier alpha value is -1.06. The van der Waals surface area contributed by atoms with E-state index >= 15 is 0 Å². The third-order valence-corrected chi connectivity index (χ3v) is 4.80. The Morgan fingerprint density at radius 3 is 2.24 bits per heavy atom. The SMILES string of the molecule is CCN(CC1C(NC)C(C)(C)OC1(C)C)c1ccccc1. The predicted octanol–water partition coefficient (Wildman–Crippen LogP) is 3.30. The van der Waals surface area contributed by atoms with Crippen LogP contribution in [0.3, 0.4) is 0 Å². The normalized spacial score (nSPS) is 26.8. The fraction of sp³-hybridized carbons (Fsp3) is 0.667. The van der Waals surface area contributed by atoms with E-state index in [0.717, 1.165) is 13.1 Å². The Bertz CT molecular complexity index is 456. The van der Waals surface area contributed by atoms with E-state index in [9.17, 15) is 0 Å². The van der Waals surface area contributed by atoms with Gasteiger partial charge in [-0.2, -0.15) is 0 Å². The number of benzene rings is 1. The lowest BCUT2D eigenvalue weighted by Crippen LogP contribution is -2.49. The molecule has 0 radical (unpaired) electrons. The fourth-order valence-electron chi connectivity index (χ4n) is 3.87. The topological polar surface area (TPSA) is 24.5 Å². The van der Waals surface area contributed by atoms with Crippen LogP contribution in [0, 0.1) is 5.92 Å². The van der Waals surface area contributed by atoms with Gasteiger partial charge < -0.3 is 15.0 Å². The number of anilines is 1. The molecular weight excluding hydrogens is 260 g/mol. The van der Waals surface area contributed by atoms with E-state index < -0.39 is 0 Å². The van der Waals surface area contributed by atoms with Crippen LogP contribution >= 0.6 is 0 Å². The first-order valence-electron chi connectivity index (χ1n) is 7.99. The summed E-state index contributed by atoms with van der Waals surface area (Å²) < 4.78 is 6.34. The van der Waals surface area contributed by atoms with Gasteiger partial charge in [0.1, 0.15) is 0 Å². The van der Waals surface area contributed by atoms with E-state index in [4.69, 9.17) is 4.74 Å². The first kappa shape index (κ1) is 16.3. The molecule has 0 aliphatic carbocycles. The minimum atomic E-state index is -0.140. The van der Waals surface area contributed by atoms with Crippen molar-refractivity contribution in [2.24, 2.45) is 5.92 Å². The van der Waals surface area contributed by atoms with E-state index in [0.29, 0.717) is 12.0 Å². The Labute approximate surface area is 129 Å². The summed E-state index contributed by atoms with van der Waals surface area (Å²) in [6.07, 6.45) is 0. The highest BCUT2D eigenvalue weighted by Gasteiger charge is 2.53. The molecule has 118 valence electrons. The van der Waals surface area contributed by atoms with Gasteiger partial charge in [-0.1, -0.05) is 18.2 Å². The molecule has 0 aromatic heterocycles. The van der Waals surface area contributed by atoms with Crippen LogP contribution < -0.4 is 10.2 Å². The van der Waals surface area contributed by atoms with Crippen LogP contribution in [0.2, 0.25) is 0 Å².